The minimum atomic E-state index is -0.850. The Kier molecular flexibility index (Phi) is 4.21. The first-order valence-electron chi connectivity index (χ1n) is 7.81. The molecular weight excluding hydrogens is 374 g/mol. The van der Waals surface area contributed by atoms with Crippen molar-refractivity contribution in [1.29, 1.82) is 0 Å². The normalized spacial score (nSPS) is 15.9. The molecule has 10 heteroatoms. The quantitative estimate of drug-likeness (QED) is 0.537. The van der Waals surface area contributed by atoms with Crippen LogP contribution in [0.2, 0.25) is 5.02 Å². The summed E-state index contributed by atoms with van der Waals surface area (Å²) in [6.07, 6.45) is 1.37. The number of nitrogens with zero attached hydrogens (tertiary/aromatic N) is 4. The second-order valence-corrected chi connectivity index (χ2v) is 5.99. The molecular formula is C17H12ClN5O4. The first-order valence-corrected chi connectivity index (χ1v) is 8.19. The zero-order chi connectivity index (χ0) is 19.0. The fourth-order valence-corrected chi connectivity index (χ4v) is 3.15. The summed E-state index contributed by atoms with van der Waals surface area (Å²) in [4.78, 5) is 25.6. The second kappa shape index (κ2) is 6.69. The number of esters is 1. The first-order chi connectivity index (χ1) is 13.1. The maximum absolute atomic E-state index is 13.2. The molecule has 136 valence electrons. The number of carbonyl (C=O) groups is 2. The Morgan fingerprint density at radius 1 is 1.26 bits per heavy atom. The van der Waals surface area contributed by atoms with Gasteiger partial charge in [0.15, 0.2) is 5.76 Å². The number of fused-ring (bicyclic) bond motifs is 1. The number of furan rings is 1. The molecule has 9 nitrogen and oxygen atoms in total. The number of carbonyl (C=O) groups excluding carboxylic acids is 2. The van der Waals surface area contributed by atoms with Crippen molar-refractivity contribution in [2.24, 2.45) is 0 Å². The monoisotopic (exact) mass is 385 g/mol. The molecule has 1 atom stereocenters. The molecule has 3 heterocycles. The number of Topliss-reactive ketones (excluding diaryl/α,β-unsaturated/α-hetero) is 1. The molecule has 0 saturated heterocycles. The van der Waals surface area contributed by atoms with E-state index in [0.717, 1.165) is 0 Å². The van der Waals surface area contributed by atoms with Crippen LogP contribution in [0.1, 0.15) is 22.2 Å². The lowest BCUT2D eigenvalue weighted by Crippen LogP contribution is -2.33. The largest absolute Gasteiger partial charge is 0.464 e. The van der Waals surface area contributed by atoms with E-state index in [0.29, 0.717) is 10.6 Å². The number of hydrogen-bond donors (Lipinski definition) is 1. The molecule has 1 aliphatic heterocycles. The molecule has 0 aliphatic carbocycles. The summed E-state index contributed by atoms with van der Waals surface area (Å²) < 4.78 is 11.5. The summed E-state index contributed by atoms with van der Waals surface area (Å²) in [6.45, 7) is 0. The van der Waals surface area contributed by atoms with Gasteiger partial charge in [-0.2, -0.15) is 4.68 Å². The van der Waals surface area contributed by atoms with E-state index in [-0.39, 0.29) is 23.0 Å². The van der Waals surface area contributed by atoms with Crippen LogP contribution in [0.5, 0.6) is 0 Å². The molecule has 1 aliphatic rings. The van der Waals surface area contributed by atoms with E-state index in [1.165, 1.54) is 24.1 Å². The van der Waals surface area contributed by atoms with Crippen molar-refractivity contribution in [2.75, 3.05) is 12.4 Å². The number of nitrogens with one attached hydrogen (secondary N) is 1. The van der Waals surface area contributed by atoms with Gasteiger partial charge in [0.05, 0.1) is 18.9 Å². The predicted octanol–water partition coefficient (Wildman–Crippen LogP) is 2.24. The highest BCUT2D eigenvalue weighted by atomic mass is 35.5. The Morgan fingerprint density at radius 2 is 2.07 bits per heavy atom. The van der Waals surface area contributed by atoms with Crippen molar-refractivity contribution in [3.8, 4) is 0 Å². The van der Waals surface area contributed by atoms with Gasteiger partial charge < -0.3 is 14.5 Å². The third-order valence-corrected chi connectivity index (χ3v) is 4.44. The number of halogens is 1. The van der Waals surface area contributed by atoms with Gasteiger partial charge in [0, 0.05) is 10.6 Å². The maximum Gasteiger partial charge on any atom is 0.355 e. The Balaban J connectivity index is 1.99. The van der Waals surface area contributed by atoms with Gasteiger partial charge in [0.25, 0.3) is 0 Å². The first kappa shape index (κ1) is 17.0. The number of benzene rings is 1. The molecule has 0 amide bonds. The highest BCUT2D eigenvalue weighted by molar-refractivity contribution is 6.31. The summed E-state index contributed by atoms with van der Waals surface area (Å²) in [6, 6.07) is 9.16. The standard InChI is InChI=1S/C17H12ClN5O4/c1-26-16(25)13-12(15(24)11-7-4-8-27-11)14(9-5-2-3-6-10(9)18)23-17(19-13)20-21-22-23/h2-8,14H,1H3,(H,19,20,22). The molecule has 0 radical (unpaired) electrons. The zero-order valence-corrected chi connectivity index (χ0v) is 14.7. The third-order valence-electron chi connectivity index (χ3n) is 4.10. The SMILES string of the molecule is COC(=O)C1=C(C(=O)c2ccco2)C(c2ccccc2Cl)n2nnnc2N1. The van der Waals surface area contributed by atoms with Crippen LogP contribution in [0.3, 0.4) is 0 Å². The summed E-state index contributed by atoms with van der Waals surface area (Å²) >= 11 is 6.37. The van der Waals surface area contributed by atoms with Crippen molar-refractivity contribution in [3.63, 3.8) is 0 Å². The highest BCUT2D eigenvalue weighted by Crippen LogP contribution is 2.39. The van der Waals surface area contributed by atoms with Crippen molar-refractivity contribution in [3.05, 3.63) is 70.3 Å². The highest BCUT2D eigenvalue weighted by Gasteiger charge is 2.40. The predicted molar refractivity (Wildman–Crippen MR) is 93.1 cm³/mol. The lowest BCUT2D eigenvalue weighted by Gasteiger charge is -2.28. The van der Waals surface area contributed by atoms with E-state index in [1.807, 2.05) is 0 Å². The van der Waals surface area contributed by atoms with Crippen LogP contribution in [0, 0.1) is 0 Å². The molecule has 1 N–H and O–H groups in total. The Hall–Kier alpha value is -3.46. The fourth-order valence-electron chi connectivity index (χ4n) is 2.91. The molecule has 0 spiro atoms. The molecule has 1 unspecified atom stereocenters. The van der Waals surface area contributed by atoms with Gasteiger partial charge in [-0.3, -0.25) is 4.79 Å². The van der Waals surface area contributed by atoms with Gasteiger partial charge in [0.2, 0.25) is 11.7 Å². The van der Waals surface area contributed by atoms with Crippen LogP contribution in [0.15, 0.2) is 58.3 Å². The average molecular weight is 386 g/mol. The number of anilines is 1. The number of aromatic nitrogens is 4. The molecule has 0 bridgehead atoms. The maximum atomic E-state index is 13.2. The van der Waals surface area contributed by atoms with Crippen LogP contribution in [-0.4, -0.2) is 39.1 Å². The lowest BCUT2D eigenvalue weighted by atomic mass is 9.91. The van der Waals surface area contributed by atoms with Gasteiger partial charge in [-0.1, -0.05) is 34.9 Å². The van der Waals surface area contributed by atoms with E-state index in [2.05, 4.69) is 20.8 Å². The Morgan fingerprint density at radius 3 is 2.78 bits per heavy atom. The van der Waals surface area contributed by atoms with Crippen molar-refractivity contribution in [2.45, 2.75) is 6.04 Å². The molecule has 0 saturated carbocycles. The lowest BCUT2D eigenvalue weighted by molar-refractivity contribution is -0.136. The third kappa shape index (κ3) is 2.77. The minimum Gasteiger partial charge on any atom is -0.464 e. The van der Waals surface area contributed by atoms with E-state index in [1.54, 1.807) is 30.3 Å². The van der Waals surface area contributed by atoms with Gasteiger partial charge in [-0.25, -0.2) is 4.79 Å². The summed E-state index contributed by atoms with van der Waals surface area (Å²) in [5.74, 6) is -1.02. The van der Waals surface area contributed by atoms with E-state index < -0.39 is 17.8 Å². The van der Waals surface area contributed by atoms with Crippen molar-refractivity contribution < 1.29 is 18.7 Å². The van der Waals surface area contributed by atoms with Crippen LogP contribution in [-0.2, 0) is 9.53 Å². The van der Waals surface area contributed by atoms with Gasteiger partial charge in [0.1, 0.15) is 11.7 Å². The van der Waals surface area contributed by atoms with E-state index >= 15 is 0 Å². The number of allylic oxidation sites excluding steroid dienone is 1. The van der Waals surface area contributed by atoms with E-state index in [4.69, 9.17) is 20.8 Å². The zero-order valence-electron chi connectivity index (χ0n) is 13.9. The number of tetrazole rings is 1. The number of hydrogen-bond acceptors (Lipinski definition) is 8. The smallest absolute Gasteiger partial charge is 0.355 e. The van der Waals surface area contributed by atoms with Crippen LogP contribution in [0.25, 0.3) is 0 Å². The van der Waals surface area contributed by atoms with Gasteiger partial charge in [-0.15, -0.1) is 0 Å². The summed E-state index contributed by atoms with van der Waals surface area (Å²) in [5.41, 5.74) is 0.529. The van der Waals surface area contributed by atoms with Crippen LogP contribution in [0.4, 0.5) is 5.95 Å². The minimum absolute atomic E-state index is 0.0572. The van der Waals surface area contributed by atoms with Crippen LogP contribution < -0.4 is 5.32 Å². The molecule has 1 aromatic carbocycles. The van der Waals surface area contributed by atoms with Gasteiger partial charge in [-0.05, 0) is 28.6 Å². The molecule has 3 aromatic rings. The molecule has 27 heavy (non-hydrogen) atoms. The fraction of sp³-hybridized carbons (Fsp3) is 0.118. The van der Waals surface area contributed by atoms with Crippen molar-refractivity contribution >= 4 is 29.3 Å². The second-order valence-electron chi connectivity index (χ2n) is 5.58. The summed E-state index contributed by atoms with van der Waals surface area (Å²) in [5, 5.41) is 14.6. The molecule has 0 fully saturated rings. The number of rotatable bonds is 4. The topological polar surface area (TPSA) is 112 Å². The summed E-state index contributed by atoms with van der Waals surface area (Å²) in [7, 11) is 1.22. The van der Waals surface area contributed by atoms with Crippen molar-refractivity contribution in [1.82, 2.24) is 20.2 Å². The molecule has 2 aromatic heterocycles. The Bertz CT molecular complexity index is 1060. The Labute approximate surface area is 157 Å². The number of ether oxygens (including phenoxy) is 1. The van der Waals surface area contributed by atoms with Gasteiger partial charge >= 0.3 is 5.97 Å². The average Bonchev–Trinajstić information content (AvgIpc) is 3.37. The number of ketones is 1. The van der Waals surface area contributed by atoms with E-state index in [9.17, 15) is 9.59 Å². The van der Waals surface area contributed by atoms with Crippen LogP contribution >= 0.6 is 11.6 Å². The molecule has 4 rings (SSSR count). The number of methoxy groups -OCH3 is 1.